The minimum absolute atomic E-state index is 0. The number of sulfone groups is 1. The number of methoxy groups -OCH3 is 1. The van der Waals surface area contributed by atoms with Gasteiger partial charge in [0.1, 0.15) is 17.0 Å². The lowest BCUT2D eigenvalue weighted by atomic mass is 10.3. The first-order chi connectivity index (χ1) is 14.7. The van der Waals surface area contributed by atoms with E-state index in [0.29, 0.717) is 39.9 Å². The van der Waals surface area contributed by atoms with E-state index in [4.69, 9.17) is 9.47 Å². The molecule has 0 aliphatic heterocycles. The van der Waals surface area contributed by atoms with Crippen molar-refractivity contribution in [3.05, 3.63) is 42.5 Å². The quantitative estimate of drug-likeness (QED) is 0.447. The van der Waals surface area contributed by atoms with Gasteiger partial charge in [-0.15, -0.1) is 12.4 Å². The van der Waals surface area contributed by atoms with Gasteiger partial charge in [-0.2, -0.15) is 0 Å². The average molecular weight is 500 g/mol. The molecule has 0 bridgehead atoms. The molecule has 8 nitrogen and oxygen atoms in total. The van der Waals surface area contributed by atoms with E-state index in [1.807, 2.05) is 19.0 Å². The van der Waals surface area contributed by atoms with E-state index in [2.05, 4.69) is 4.98 Å². The van der Waals surface area contributed by atoms with E-state index >= 15 is 0 Å². The lowest BCUT2D eigenvalue weighted by molar-refractivity contribution is -0.120. The third kappa shape index (κ3) is 6.32. The Bertz CT molecular complexity index is 1160. The minimum atomic E-state index is -3.44. The largest absolute Gasteiger partial charge is 0.497 e. The van der Waals surface area contributed by atoms with Gasteiger partial charge >= 0.3 is 0 Å². The minimum Gasteiger partial charge on any atom is -0.497 e. The van der Waals surface area contributed by atoms with Crippen LogP contribution in [0.3, 0.4) is 0 Å². The van der Waals surface area contributed by atoms with Crippen LogP contribution in [0.5, 0.6) is 11.5 Å². The number of rotatable bonds is 9. The molecule has 2 aromatic carbocycles. The van der Waals surface area contributed by atoms with Crippen molar-refractivity contribution in [1.29, 1.82) is 0 Å². The summed E-state index contributed by atoms with van der Waals surface area (Å²) < 4.78 is 35.7. The first kappa shape index (κ1) is 25.9. The van der Waals surface area contributed by atoms with Crippen molar-refractivity contribution in [2.75, 3.05) is 52.1 Å². The zero-order valence-corrected chi connectivity index (χ0v) is 20.7. The van der Waals surface area contributed by atoms with Crippen molar-refractivity contribution >= 4 is 54.8 Å². The van der Waals surface area contributed by atoms with Gasteiger partial charge in [0.2, 0.25) is 0 Å². The molecule has 0 aliphatic rings. The average Bonchev–Trinajstić information content (AvgIpc) is 3.15. The standard InChI is InChI=1S/C21H25N3O5S2.ClH/c1-23(2)12-13-24(19(25)14-29-16-10-8-15(28-3)9-11-16)21-22-20-17(30-21)6-5-7-18(20)31(4,26)27;/h5-11H,12-14H2,1-4H3;1H. The number of fused-ring (bicyclic) bond motifs is 1. The zero-order valence-electron chi connectivity index (χ0n) is 18.3. The van der Waals surface area contributed by atoms with Crippen LogP contribution in [0.2, 0.25) is 0 Å². The molecule has 0 saturated carbocycles. The van der Waals surface area contributed by atoms with Crippen LogP contribution >= 0.6 is 23.7 Å². The van der Waals surface area contributed by atoms with Gasteiger partial charge in [0.05, 0.1) is 16.7 Å². The second-order valence-electron chi connectivity index (χ2n) is 7.18. The first-order valence-electron chi connectivity index (χ1n) is 9.50. The Balaban J connectivity index is 0.00000363. The van der Waals surface area contributed by atoms with Crippen LogP contribution < -0.4 is 14.4 Å². The molecule has 174 valence electrons. The predicted molar refractivity (Wildman–Crippen MR) is 129 cm³/mol. The summed E-state index contributed by atoms with van der Waals surface area (Å²) in [4.78, 5) is 21.2. The number of aromatic nitrogens is 1. The molecule has 3 rings (SSSR count). The highest BCUT2D eigenvalue weighted by atomic mass is 35.5. The van der Waals surface area contributed by atoms with Crippen molar-refractivity contribution in [1.82, 2.24) is 9.88 Å². The zero-order chi connectivity index (χ0) is 22.6. The summed E-state index contributed by atoms with van der Waals surface area (Å²) >= 11 is 1.28. The van der Waals surface area contributed by atoms with Crippen LogP contribution in [0, 0.1) is 0 Å². The molecule has 0 fully saturated rings. The second kappa shape index (κ2) is 11.0. The number of carbonyl (C=O) groups is 1. The van der Waals surface area contributed by atoms with Gasteiger partial charge < -0.3 is 14.4 Å². The van der Waals surface area contributed by atoms with Crippen molar-refractivity contribution in [2.45, 2.75) is 4.90 Å². The van der Waals surface area contributed by atoms with Crippen molar-refractivity contribution in [3.8, 4) is 11.5 Å². The van der Waals surface area contributed by atoms with Crippen LogP contribution in [0.4, 0.5) is 5.13 Å². The fourth-order valence-corrected chi connectivity index (χ4v) is 4.78. The van der Waals surface area contributed by atoms with Gasteiger partial charge in [-0.05, 0) is 50.5 Å². The Hall–Kier alpha value is -2.40. The number of hydrogen-bond acceptors (Lipinski definition) is 8. The molecule has 3 aromatic rings. The van der Waals surface area contributed by atoms with E-state index in [0.717, 1.165) is 6.26 Å². The number of ether oxygens (including phenoxy) is 2. The third-order valence-corrected chi connectivity index (χ3v) is 6.67. The number of likely N-dealkylation sites (N-methyl/N-ethyl adjacent to an activating group) is 1. The fourth-order valence-electron chi connectivity index (χ4n) is 2.85. The van der Waals surface area contributed by atoms with Crippen LogP contribution in [-0.4, -0.2) is 71.4 Å². The van der Waals surface area contributed by atoms with Gasteiger partial charge in [0.25, 0.3) is 5.91 Å². The SMILES string of the molecule is COc1ccc(OCC(=O)N(CCN(C)C)c2nc3c(S(C)(=O)=O)cccc3s2)cc1.Cl. The number of thiazole rings is 1. The molecular formula is C21H26ClN3O5S2. The maximum atomic E-state index is 13.0. The topological polar surface area (TPSA) is 89.0 Å². The van der Waals surface area contributed by atoms with E-state index in [-0.39, 0.29) is 29.8 Å². The normalized spacial score (nSPS) is 11.3. The number of anilines is 1. The molecule has 0 aliphatic carbocycles. The molecule has 1 heterocycles. The third-order valence-electron chi connectivity index (χ3n) is 4.49. The number of nitrogens with zero attached hydrogens (tertiary/aromatic N) is 3. The van der Waals surface area contributed by atoms with Crippen molar-refractivity contribution in [3.63, 3.8) is 0 Å². The highest BCUT2D eigenvalue weighted by molar-refractivity contribution is 7.91. The smallest absolute Gasteiger partial charge is 0.266 e. The first-order valence-corrected chi connectivity index (χ1v) is 12.2. The van der Waals surface area contributed by atoms with E-state index in [1.54, 1.807) is 48.4 Å². The summed E-state index contributed by atoms with van der Waals surface area (Å²) in [5, 5.41) is 0.441. The maximum absolute atomic E-state index is 13.0. The summed E-state index contributed by atoms with van der Waals surface area (Å²) in [7, 11) is 1.96. The molecule has 1 amide bonds. The maximum Gasteiger partial charge on any atom is 0.266 e. The Morgan fingerprint density at radius 2 is 1.72 bits per heavy atom. The molecule has 0 unspecified atom stereocenters. The number of hydrogen-bond donors (Lipinski definition) is 0. The summed E-state index contributed by atoms with van der Waals surface area (Å²) in [6.45, 7) is 0.837. The summed E-state index contributed by atoms with van der Waals surface area (Å²) in [6, 6.07) is 12.0. The summed E-state index contributed by atoms with van der Waals surface area (Å²) in [5.74, 6) is 0.977. The molecule has 0 spiro atoms. The monoisotopic (exact) mass is 499 g/mol. The number of benzene rings is 2. The predicted octanol–water partition coefficient (Wildman–Crippen LogP) is 3.10. The highest BCUT2D eigenvalue weighted by Gasteiger charge is 2.23. The highest BCUT2D eigenvalue weighted by Crippen LogP contribution is 2.32. The number of amides is 1. The van der Waals surface area contributed by atoms with Gasteiger partial charge in [-0.3, -0.25) is 9.69 Å². The fraction of sp³-hybridized carbons (Fsp3) is 0.333. The lowest BCUT2D eigenvalue weighted by Crippen LogP contribution is -2.39. The molecule has 32 heavy (non-hydrogen) atoms. The Kier molecular flexibility index (Phi) is 8.85. The van der Waals surface area contributed by atoms with Crippen molar-refractivity contribution < 1.29 is 22.7 Å². The lowest BCUT2D eigenvalue weighted by Gasteiger charge is -2.22. The second-order valence-corrected chi connectivity index (χ2v) is 10.2. The molecule has 0 N–H and O–H groups in total. The molecule has 0 radical (unpaired) electrons. The van der Waals surface area contributed by atoms with Gasteiger partial charge in [0, 0.05) is 19.3 Å². The van der Waals surface area contributed by atoms with Gasteiger partial charge in [-0.1, -0.05) is 17.4 Å². The Morgan fingerprint density at radius 1 is 1.06 bits per heavy atom. The number of para-hydroxylation sites is 1. The molecule has 1 aromatic heterocycles. The summed E-state index contributed by atoms with van der Waals surface area (Å²) in [6.07, 6.45) is 1.15. The van der Waals surface area contributed by atoms with Crippen LogP contribution in [0.25, 0.3) is 10.2 Å². The van der Waals surface area contributed by atoms with E-state index in [1.165, 1.54) is 17.4 Å². The Labute approximate surface area is 198 Å². The van der Waals surface area contributed by atoms with Gasteiger partial charge in [-0.25, -0.2) is 13.4 Å². The van der Waals surface area contributed by atoms with Gasteiger partial charge in [0.15, 0.2) is 21.6 Å². The van der Waals surface area contributed by atoms with Crippen LogP contribution in [0.1, 0.15) is 0 Å². The molecular weight excluding hydrogens is 474 g/mol. The molecule has 0 saturated heterocycles. The number of carbonyl (C=O) groups excluding carboxylic acids is 1. The molecule has 0 atom stereocenters. The molecule has 11 heteroatoms. The van der Waals surface area contributed by atoms with Crippen molar-refractivity contribution in [2.24, 2.45) is 0 Å². The number of halogens is 1. The van der Waals surface area contributed by atoms with Crippen LogP contribution in [-0.2, 0) is 14.6 Å². The van der Waals surface area contributed by atoms with E-state index in [9.17, 15) is 13.2 Å². The Morgan fingerprint density at radius 3 is 2.31 bits per heavy atom. The van der Waals surface area contributed by atoms with E-state index < -0.39 is 9.84 Å². The van der Waals surface area contributed by atoms with Crippen LogP contribution in [0.15, 0.2) is 47.4 Å². The summed E-state index contributed by atoms with van der Waals surface area (Å²) in [5.41, 5.74) is 0.378.